The number of aromatic nitrogens is 10. The molecule has 3 aliphatic rings. The van der Waals surface area contributed by atoms with E-state index in [0.29, 0.717) is 23.9 Å². The van der Waals surface area contributed by atoms with Crippen LogP contribution < -0.4 is 10.6 Å². The summed E-state index contributed by atoms with van der Waals surface area (Å²) in [6.07, 6.45) is 11.3. The molecule has 4 aromatic carbocycles. The average molecular weight is 907 g/mol. The van der Waals surface area contributed by atoms with Gasteiger partial charge in [0.2, 0.25) is 0 Å². The zero-order valence-corrected chi connectivity index (χ0v) is 39.4. The molecular formula is C57H54N12. The van der Waals surface area contributed by atoms with Crippen LogP contribution in [-0.2, 0) is 6.42 Å². The van der Waals surface area contributed by atoms with Gasteiger partial charge in [0.1, 0.15) is 12.2 Å². The summed E-state index contributed by atoms with van der Waals surface area (Å²) in [5, 5.41) is 14.4. The van der Waals surface area contributed by atoms with Crippen LogP contribution in [0.3, 0.4) is 0 Å². The third kappa shape index (κ3) is 6.67. The summed E-state index contributed by atoms with van der Waals surface area (Å²) in [6, 6.07) is 34.7. The molecule has 9 heterocycles. The Morgan fingerprint density at radius 1 is 0.681 bits per heavy atom. The van der Waals surface area contributed by atoms with Gasteiger partial charge >= 0.3 is 0 Å². The Balaban J connectivity index is 0.679. The highest BCUT2D eigenvalue weighted by Gasteiger charge is 2.47. The fourth-order valence-electron chi connectivity index (χ4n) is 12.6. The molecule has 11 aromatic rings. The lowest BCUT2D eigenvalue weighted by atomic mass is 9.90. The van der Waals surface area contributed by atoms with E-state index < -0.39 is 0 Å². The second-order valence-electron chi connectivity index (χ2n) is 20.3. The first-order valence-electron chi connectivity index (χ1n) is 24.7. The Labute approximate surface area is 399 Å². The van der Waals surface area contributed by atoms with Crippen LogP contribution in [0.25, 0.3) is 94.3 Å². The zero-order valence-electron chi connectivity index (χ0n) is 39.4. The van der Waals surface area contributed by atoms with Crippen molar-refractivity contribution in [2.45, 2.75) is 77.9 Å². The van der Waals surface area contributed by atoms with Crippen LogP contribution >= 0.6 is 0 Å². The number of piperidine rings is 2. The molecule has 7 aromatic heterocycles. The molecule has 0 spiro atoms. The lowest BCUT2D eigenvalue weighted by Crippen LogP contribution is -2.37. The highest BCUT2D eigenvalue weighted by atomic mass is 15.3. The number of H-pyrrole nitrogens is 3. The van der Waals surface area contributed by atoms with Crippen LogP contribution in [0.1, 0.15) is 71.7 Å². The lowest BCUT2D eigenvalue weighted by Gasteiger charge is -2.28. The van der Waals surface area contributed by atoms with E-state index in [9.17, 15) is 0 Å². The first kappa shape index (κ1) is 40.6. The molecule has 1 aliphatic carbocycles. The third-order valence-corrected chi connectivity index (χ3v) is 16.1. The summed E-state index contributed by atoms with van der Waals surface area (Å²) < 4.78 is 4.25. The number of imidazole rings is 2. The van der Waals surface area contributed by atoms with Crippen molar-refractivity contribution in [3.8, 4) is 44.8 Å². The van der Waals surface area contributed by atoms with Crippen LogP contribution in [-0.4, -0.2) is 68.2 Å². The molecule has 2 saturated heterocycles. The summed E-state index contributed by atoms with van der Waals surface area (Å²) in [4.78, 5) is 31.0. The standard InChI is InChI=1S/C57H54N12/c1-30-18-40(27-69-57(30)59-28-61-69)53-33(4)43-11-8-34(23-48(43)65-53)35-10-13-46-50(24-35)67-56(66-46)54-39-20-37(47(26-39)63-54)21-41-22-38(19-31(2)62-41)52-32(3)44-12-9-36(25-49(44)64-52)45-6-5-7-51-55(45)60-29-68(51)42-14-16-58-17-15-42/h5-13,18-19,22-25,27-29,37,39,42,47,54,58,63-65H,14-17,20-21,26H2,1-4H3,(H,66,67)/t37?,39-,47-,54?/m0/s1. The summed E-state index contributed by atoms with van der Waals surface area (Å²) in [6.45, 7) is 10.8. The number of fused-ring (bicyclic) bond motifs is 7. The molecule has 69 heavy (non-hydrogen) atoms. The van der Waals surface area contributed by atoms with Crippen molar-refractivity contribution in [2.75, 3.05) is 13.1 Å². The Kier molecular flexibility index (Phi) is 9.16. The minimum atomic E-state index is 0.219. The largest absolute Gasteiger partial charge is 0.354 e. The molecular weight excluding hydrogens is 853 g/mol. The molecule has 4 atom stereocenters. The summed E-state index contributed by atoms with van der Waals surface area (Å²) in [5.41, 5.74) is 22.6. The van der Waals surface area contributed by atoms with Gasteiger partial charge in [-0.1, -0.05) is 42.5 Å². The van der Waals surface area contributed by atoms with Gasteiger partial charge < -0.3 is 30.2 Å². The molecule has 0 amide bonds. The number of nitrogens with one attached hydrogen (secondary N) is 5. The number of pyridine rings is 2. The van der Waals surface area contributed by atoms with E-state index in [0.717, 1.165) is 112 Å². The number of hydrogen-bond donors (Lipinski definition) is 5. The van der Waals surface area contributed by atoms with Gasteiger partial charge in [-0.25, -0.2) is 19.5 Å². The normalized spacial score (nSPS) is 19.7. The van der Waals surface area contributed by atoms with Crippen LogP contribution in [0.4, 0.5) is 0 Å². The van der Waals surface area contributed by atoms with Crippen LogP contribution in [0, 0.1) is 39.5 Å². The van der Waals surface area contributed by atoms with E-state index in [-0.39, 0.29) is 6.04 Å². The van der Waals surface area contributed by atoms with Crippen molar-refractivity contribution in [1.82, 2.24) is 59.7 Å². The van der Waals surface area contributed by atoms with Gasteiger partial charge in [-0.2, -0.15) is 5.10 Å². The van der Waals surface area contributed by atoms with Gasteiger partial charge in [0.25, 0.3) is 0 Å². The van der Waals surface area contributed by atoms with Gasteiger partial charge in [0.15, 0.2) is 5.65 Å². The van der Waals surface area contributed by atoms with Crippen molar-refractivity contribution in [1.29, 1.82) is 0 Å². The van der Waals surface area contributed by atoms with Gasteiger partial charge in [-0.15, -0.1) is 0 Å². The Morgan fingerprint density at radius 3 is 2.23 bits per heavy atom. The fraction of sp³-hybridized carbons (Fsp3) is 0.281. The molecule has 342 valence electrons. The Hall–Kier alpha value is -7.41. The Bertz CT molecular complexity index is 3830. The van der Waals surface area contributed by atoms with Crippen molar-refractivity contribution >= 4 is 49.5 Å². The lowest BCUT2D eigenvalue weighted by molar-refractivity contribution is 0.293. The SMILES string of the molecule is Cc1cc(-c2[nH]c3cc(-c4cccc5c4ncn5C4CCNCC4)ccc3c2C)cc(CC2C[C@H]3C[C@@H]2NC3c2nc3ccc(-c4ccc5c(C)c(-c6cc(C)c7ncnn7c6)[nH]c5c4)cc3[nH]2)n1. The van der Waals surface area contributed by atoms with Crippen molar-refractivity contribution in [3.05, 3.63) is 144 Å². The van der Waals surface area contributed by atoms with Gasteiger partial charge in [0, 0.05) is 73.9 Å². The number of hydrogen-bond acceptors (Lipinski definition) is 7. The highest BCUT2D eigenvalue weighted by molar-refractivity contribution is 5.98. The molecule has 2 bridgehead atoms. The van der Waals surface area contributed by atoms with E-state index in [4.69, 9.17) is 15.0 Å². The minimum absolute atomic E-state index is 0.219. The number of nitrogens with zero attached hydrogens (tertiary/aromatic N) is 7. The van der Waals surface area contributed by atoms with Crippen LogP contribution in [0.2, 0.25) is 0 Å². The molecule has 1 saturated carbocycles. The topological polar surface area (TPSA) is 145 Å². The van der Waals surface area contributed by atoms with Crippen molar-refractivity contribution in [3.63, 3.8) is 0 Å². The second kappa shape index (κ2) is 15.6. The molecule has 2 aliphatic heterocycles. The smallest absolute Gasteiger partial charge is 0.158 e. The van der Waals surface area contributed by atoms with Gasteiger partial charge in [0.05, 0.1) is 40.1 Å². The predicted molar refractivity (Wildman–Crippen MR) is 275 cm³/mol. The van der Waals surface area contributed by atoms with Gasteiger partial charge in [-0.3, -0.25) is 4.98 Å². The molecule has 2 unspecified atom stereocenters. The monoisotopic (exact) mass is 906 g/mol. The summed E-state index contributed by atoms with van der Waals surface area (Å²) >= 11 is 0. The summed E-state index contributed by atoms with van der Waals surface area (Å²) in [7, 11) is 0. The maximum Gasteiger partial charge on any atom is 0.158 e. The second-order valence-corrected chi connectivity index (χ2v) is 20.3. The van der Waals surface area contributed by atoms with Gasteiger partial charge in [-0.05, 0) is 167 Å². The van der Waals surface area contributed by atoms with Crippen LogP contribution in [0.15, 0.2) is 110 Å². The third-order valence-electron chi connectivity index (χ3n) is 16.1. The first-order valence-corrected chi connectivity index (χ1v) is 24.7. The van der Waals surface area contributed by atoms with Crippen molar-refractivity contribution in [2.24, 2.45) is 11.8 Å². The minimum Gasteiger partial charge on any atom is -0.354 e. The number of benzene rings is 4. The number of rotatable bonds is 8. The molecule has 12 heteroatoms. The average Bonchev–Trinajstić information content (AvgIpc) is 4.25. The summed E-state index contributed by atoms with van der Waals surface area (Å²) in [5.74, 6) is 2.10. The van der Waals surface area contributed by atoms with Crippen LogP contribution in [0.5, 0.6) is 0 Å². The van der Waals surface area contributed by atoms with E-state index in [1.54, 1.807) is 6.33 Å². The maximum atomic E-state index is 5.16. The molecule has 12 nitrogen and oxygen atoms in total. The predicted octanol–water partition coefficient (Wildman–Crippen LogP) is 11.4. The number of para-hydroxylation sites is 1. The van der Waals surface area contributed by atoms with E-state index in [1.807, 2.05) is 4.52 Å². The van der Waals surface area contributed by atoms with Crippen molar-refractivity contribution < 1.29 is 0 Å². The number of aryl methyl sites for hydroxylation is 4. The number of aromatic amines is 3. The molecule has 5 N–H and O–H groups in total. The Morgan fingerprint density at radius 2 is 1.43 bits per heavy atom. The maximum absolute atomic E-state index is 5.16. The quantitative estimate of drug-likeness (QED) is 0.102. The molecule has 3 fully saturated rings. The molecule has 0 radical (unpaired) electrons. The highest BCUT2D eigenvalue weighted by Crippen LogP contribution is 2.47. The van der Waals surface area contributed by atoms with E-state index >= 15 is 0 Å². The van der Waals surface area contributed by atoms with E-state index in [2.05, 4.69) is 171 Å². The first-order chi connectivity index (χ1) is 33.8. The van der Waals surface area contributed by atoms with E-state index in [1.165, 1.54) is 61.1 Å². The molecule has 14 rings (SSSR count). The fourth-order valence-corrected chi connectivity index (χ4v) is 12.6. The zero-order chi connectivity index (χ0) is 46.1.